The van der Waals surface area contributed by atoms with Crippen LogP contribution in [0.2, 0.25) is 0 Å². The molecule has 0 spiro atoms. The van der Waals surface area contributed by atoms with Gasteiger partial charge in [0, 0.05) is 38.0 Å². The molecule has 0 unspecified atom stereocenters. The Morgan fingerprint density at radius 1 is 1.60 bits per heavy atom. The van der Waals surface area contributed by atoms with Crippen molar-refractivity contribution in [3.63, 3.8) is 0 Å². The molecule has 0 rings (SSSR count). The van der Waals surface area contributed by atoms with E-state index in [1.54, 1.807) is 0 Å². The first-order valence-electron chi connectivity index (χ1n) is 0.447. The van der Waals surface area contributed by atoms with Crippen molar-refractivity contribution in [2.75, 3.05) is 0 Å². The summed E-state index contributed by atoms with van der Waals surface area (Å²) in [5.74, 6) is 0. The van der Waals surface area contributed by atoms with E-state index in [1.807, 2.05) is 0 Å². The molecule has 0 heterocycles. The number of aliphatic hydroxyl groups excluding tert-OH is 1. The van der Waals surface area contributed by atoms with E-state index in [9.17, 15) is 0 Å². The van der Waals surface area contributed by atoms with Crippen molar-refractivity contribution in [3.8, 4) is 6.26 Å². The van der Waals surface area contributed by atoms with Crippen LogP contribution >= 0.6 is 0 Å². The molecule has 0 atom stereocenters. The second-order valence-corrected chi connectivity index (χ2v) is 0.100. The summed E-state index contributed by atoms with van der Waals surface area (Å²) >= 11 is 0. The third-order valence-corrected chi connectivity index (χ3v) is 0. The van der Waals surface area contributed by atoms with E-state index in [2.05, 4.69) is 0 Å². The maximum Gasteiger partial charge on any atom is 0.283 e. The van der Waals surface area contributed by atoms with Crippen molar-refractivity contribution in [2.24, 2.45) is 0 Å². The standard InChI is InChI=1S/CHNO.B.Na/c2-1-3;;/h3H;;. The molecular formula is CHBNNaO. The number of nitrogens with zero attached hydrogens (tertiary/aromatic N) is 1. The van der Waals surface area contributed by atoms with Crippen LogP contribution < -0.4 is 0 Å². The van der Waals surface area contributed by atoms with Gasteiger partial charge in [-0.2, -0.15) is 5.26 Å². The average Bonchev–Trinajstić information content (AvgIpc) is 0.918. The predicted molar refractivity (Wildman–Crippen MR) is 19.1 cm³/mol. The minimum Gasteiger partial charge on any atom is -0.443 e. The first-order chi connectivity index (χ1) is 1.41. The molecule has 20 valence electrons. The molecule has 0 aromatic rings. The van der Waals surface area contributed by atoms with E-state index < -0.39 is 0 Å². The van der Waals surface area contributed by atoms with Crippen LogP contribution in [0.4, 0.5) is 0 Å². The summed E-state index contributed by atoms with van der Waals surface area (Å²) < 4.78 is 0. The fraction of sp³-hybridized carbons (Fsp3) is 0. The molecule has 5 heavy (non-hydrogen) atoms. The zero-order chi connectivity index (χ0) is 2.71. The van der Waals surface area contributed by atoms with Gasteiger partial charge in [0.1, 0.15) is 0 Å². The molecule has 1 N–H and O–H groups in total. The van der Waals surface area contributed by atoms with Gasteiger partial charge in [-0.25, -0.2) is 0 Å². The van der Waals surface area contributed by atoms with E-state index >= 15 is 0 Å². The quantitative estimate of drug-likeness (QED) is 0.300. The summed E-state index contributed by atoms with van der Waals surface area (Å²) in [6.45, 7) is 0. The zero-order valence-electron chi connectivity index (χ0n) is 2.97. The molecular weight excluding hydrogens is 75.8 g/mol. The van der Waals surface area contributed by atoms with E-state index in [0.717, 1.165) is 6.26 Å². The fourth-order valence-electron chi connectivity index (χ4n) is 0. The van der Waals surface area contributed by atoms with Crippen LogP contribution in [0, 0.1) is 11.5 Å². The fourth-order valence-corrected chi connectivity index (χ4v) is 0. The number of aliphatic hydroxyl groups is 1. The van der Waals surface area contributed by atoms with Gasteiger partial charge >= 0.3 is 0 Å². The van der Waals surface area contributed by atoms with Crippen LogP contribution in [0.25, 0.3) is 0 Å². The number of hydrogen-bond acceptors (Lipinski definition) is 2. The Balaban J connectivity index is -0.0000000200. The second kappa shape index (κ2) is 26.7. The maximum absolute atomic E-state index is 6.88. The molecule has 0 aliphatic carbocycles. The normalized spacial score (nSPS) is 1.40. The predicted octanol–water partition coefficient (Wildman–Crippen LogP) is -0.922. The number of hydrogen-bond donors (Lipinski definition) is 1. The molecule has 0 aromatic carbocycles. The van der Waals surface area contributed by atoms with Gasteiger partial charge < -0.3 is 5.11 Å². The van der Waals surface area contributed by atoms with Crippen LogP contribution in [0.1, 0.15) is 0 Å². The van der Waals surface area contributed by atoms with Gasteiger partial charge in [-0.05, 0) is 0 Å². The van der Waals surface area contributed by atoms with Gasteiger partial charge in [-0.15, -0.1) is 0 Å². The minimum absolute atomic E-state index is 0. The molecule has 0 saturated carbocycles. The average molecular weight is 76.8 g/mol. The monoisotopic (exact) mass is 77.0 g/mol. The van der Waals surface area contributed by atoms with Crippen LogP contribution in [-0.2, 0) is 0 Å². The van der Waals surface area contributed by atoms with Crippen molar-refractivity contribution in [1.82, 2.24) is 0 Å². The molecule has 0 amide bonds. The van der Waals surface area contributed by atoms with Gasteiger partial charge in [-0.1, -0.05) is 0 Å². The maximum atomic E-state index is 6.88. The zero-order valence-corrected chi connectivity index (χ0v) is 4.97. The molecule has 2 nitrogen and oxygen atoms in total. The van der Waals surface area contributed by atoms with E-state index in [0.29, 0.717) is 0 Å². The Morgan fingerprint density at radius 3 is 1.60 bits per heavy atom. The number of nitriles is 1. The van der Waals surface area contributed by atoms with Gasteiger partial charge in [0.15, 0.2) is 0 Å². The Kier molecular flexibility index (Phi) is 97.8. The molecule has 4 radical (unpaired) electrons. The Labute approximate surface area is 54.7 Å². The summed E-state index contributed by atoms with van der Waals surface area (Å²) in [4.78, 5) is 0. The molecule has 0 fully saturated rings. The van der Waals surface area contributed by atoms with Crippen LogP contribution in [0.5, 0.6) is 0 Å². The molecule has 0 aliphatic heterocycles. The third-order valence-electron chi connectivity index (χ3n) is 0. The Hall–Kier alpha value is 0.355. The first-order valence-corrected chi connectivity index (χ1v) is 0.447. The van der Waals surface area contributed by atoms with E-state index in [4.69, 9.17) is 10.4 Å². The summed E-state index contributed by atoms with van der Waals surface area (Å²) in [5.41, 5.74) is 0. The summed E-state index contributed by atoms with van der Waals surface area (Å²) in [6.07, 6.45) is 0.750. The van der Waals surface area contributed by atoms with Crippen LogP contribution in [-0.4, -0.2) is 43.1 Å². The van der Waals surface area contributed by atoms with Crippen molar-refractivity contribution in [2.45, 2.75) is 0 Å². The van der Waals surface area contributed by atoms with Crippen molar-refractivity contribution < 1.29 is 5.11 Å². The van der Waals surface area contributed by atoms with Crippen molar-refractivity contribution in [3.05, 3.63) is 0 Å². The molecule has 0 aromatic heterocycles. The molecule has 0 saturated heterocycles. The molecule has 4 heteroatoms. The van der Waals surface area contributed by atoms with Gasteiger partial charge in [0.2, 0.25) is 0 Å². The summed E-state index contributed by atoms with van der Waals surface area (Å²) in [6, 6.07) is 0. The summed E-state index contributed by atoms with van der Waals surface area (Å²) in [7, 11) is 0. The second-order valence-electron chi connectivity index (χ2n) is 0.100. The van der Waals surface area contributed by atoms with Crippen LogP contribution in [0.3, 0.4) is 0 Å². The minimum atomic E-state index is 0. The first kappa shape index (κ1) is 18.3. The van der Waals surface area contributed by atoms with Gasteiger partial charge in [-0.3, -0.25) is 0 Å². The Morgan fingerprint density at radius 2 is 1.60 bits per heavy atom. The molecule has 0 aliphatic rings. The Bertz CT molecular complexity index is 33.1. The third kappa shape index (κ3) is 192. The molecule has 0 bridgehead atoms. The van der Waals surface area contributed by atoms with Crippen LogP contribution in [0.15, 0.2) is 0 Å². The van der Waals surface area contributed by atoms with E-state index in [1.165, 1.54) is 0 Å². The van der Waals surface area contributed by atoms with Crippen molar-refractivity contribution >= 4 is 38.0 Å². The largest absolute Gasteiger partial charge is 0.443 e. The van der Waals surface area contributed by atoms with E-state index in [-0.39, 0.29) is 38.0 Å². The van der Waals surface area contributed by atoms with Gasteiger partial charge in [0.05, 0.1) is 0 Å². The number of rotatable bonds is 0. The topological polar surface area (TPSA) is 44.0 Å². The summed E-state index contributed by atoms with van der Waals surface area (Å²) in [5, 5.41) is 13.8. The SMILES string of the molecule is N#CO.[B].[Na]. The smallest absolute Gasteiger partial charge is 0.283 e. The van der Waals surface area contributed by atoms with Crippen molar-refractivity contribution in [1.29, 1.82) is 5.26 Å². The van der Waals surface area contributed by atoms with Gasteiger partial charge in [0.25, 0.3) is 6.26 Å².